The van der Waals surface area contributed by atoms with Crippen LogP contribution in [0.5, 0.6) is 0 Å². The maximum atomic E-state index is 13.2. The summed E-state index contributed by atoms with van der Waals surface area (Å²) >= 11 is 7.96. The van der Waals surface area contributed by atoms with E-state index in [9.17, 15) is 63.3 Å². The molecule has 30 nitrogen and oxygen atoms in total. The van der Waals surface area contributed by atoms with Crippen molar-refractivity contribution < 1.29 is 137 Å². The van der Waals surface area contributed by atoms with Crippen LogP contribution in [-0.4, -0.2) is 188 Å². The van der Waals surface area contributed by atoms with Crippen LogP contribution in [0.1, 0.15) is 0 Å². The van der Waals surface area contributed by atoms with E-state index >= 15 is 0 Å². The van der Waals surface area contributed by atoms with Crippen molar-refractivity contribution in [1.82, 2.24) is 60.8 Å². The van der Waals surface area contributed by atoms with E-state index in [2.05, 4.69) is 41.7 Å². The largest absolute Gasteiger partial charge is 1.00 e. The molecule has 4 atom stereocenters. The molecule has 8 heterocycles. The van der Waals surface area contributed by atoms with Crippen LogP contribution in [0.15, 0.2) is 52.5 Å². The number of hydrogen-bond acceptors (Lipinski definition) is 28. The number of thioether (sulfide) groups is 8. The molecule has 0 aliphatic carbocycles. The third-order valence-corrected chi connectivity index (χ3v) is 21.0. The SMILES string of the molecule is CO[C@@]1(NC(=O)C2SC(=C(C(N)=O)C(=O)O)S2)C(=O)N2C(C(=O)O)=C(CSc3nnnn3C)CS[C@@H]21.CO[C@@]1(NC(=O)C2SC(=C(C(N)=O)C(=O)[O-])S2)C(=O)N2C(C(=O)[O-])=C(CSc3nnnn3C)CS[C@@H]21.[Na+].[Na+]. The molecule has 0 bridgehead atoms. The average molecular weight is 1200 g/mol. The first-order valence-corrected chi connectivity index (χ1v) is 27.0. The fourth-order valence-electron chi connectivity index (χ4n) is 7.01. The number of amides is 6. The van der Waals surface area contributed by atoms with Gasteiger partial charge in [-0.25, -0.2) is 19.0 Å². The Kier molecular flexibility index (Phi) is 20.6. The molecule has 6 aliphatic rings. The van der Waals surface area contributed by atoms with E-state index in [0.29, 0.717) is 21.5 Å². The summed E-state index contributed by atoms with van der Waals surface area (Å²) in [6.45, 7) is 0. The first kappa shape index (κ1) is 61.4. The molecular weight excluding hydrogens is 1160 g/mol. The van der Waals surface area contributed by atoms with Crippen molar-refractivity contribution in [2.24, 2.45) is 25.6 Å². The normalized spacial score (nSPS) is 24.3. The number of nitrogens with zero attached hydrogens (tertiary/aromatic N) is 10. The second-order valence-corrected chi connectivity index (χ2v) is 24.2. The molecule has 74 heavy (non-hydrogen) atoms. The molecule has 0 radical (unpaired) electrons. The molecule has 2 aromatic heterocycles. The number of ether oxygens (including phenoxy) is 2. The van der Waals surface area contributed by atoms with Gasteiger partial charge in [-0.05, 0) is 32.0 Å². The van der Waals surface area contributed by atoms with Crippen molar-refractivity contribution in [3.05, 3.63) is 42.2 Å². The second-order valence-electron chi connectivity index (χ2n) is 14.6. The zero-order chi connectivity index (χ0) is 52.7. The van der Waals surface area contributed by atoms with E-state index < -0.39 is 102 Å². The Morgan fingerprint density at radius 3 is 1.42 bits per heavy atom. The Morgan fingerprint density at radius 1 is 0.703 bits per heavy atom. The standard InChI is InChI=1S/2C17H17N7O8S4.2Na/c2*1-23-16(20-21-22-23)34-4-5-3-33-15-17(32-2,14(31)24(15)7(5)11(29)30)19-9(26)13-35-12(36-13)6(8(18)25)10(27)28;;/h2*13,15H,3-4H2,1-2H3,(H2,18,25)(H,19,26)(H,27,28)(H,29,30);;/q;;2*+1/p-2/t2*13?,15-,17+;;/m11../s1. The van der Waals surface area contributed by atoms with Crippen LogP contribution in [-0.2, 0) is 71.5 Å². The van der Waals surface area contributed by atoms with Crippen LogP contribution in [0, 0.1) is 0 Å². The molecule has 8 rings (SSSR count). The first-order valence-electron chi connectivity index (χ1n) is 19.5. The summed E-state index contributed by atoms with van der Waals surface area (Å²) in [5.41, 5.74) is 5.47. The maximum Gasteiger partial charge on any atom is 1.00 e. The smallest absolute Gasteiger partial charge is 0.545 e. The van der Waals surface area contributed by atoms with Gasteiger partial charge in [0.1, 0.15) is 31.2 Å². The number of tetrazole rings is 2. The summed E-state index contributed by atoms with van der Waals surface area (Å²) < 4.78 is 11.9. The maximum absolute atomic E-state index is 13.2. The van der Waals surface area contributed by atoms with E-state index in [1.165, 1.54) is 70.6 Å². The number of hydrogen-bond donors (Lipinski definition) is 6. The predicted molar refractivity (Wildman–Crippen MR) is 251 cm³/mol. The van der Waals surface area contributed by atoms with Crippen molar-refractivity contribution in [1.29, 1.82) is 0 Å². The summed E-state index contributed by atoms with van der Waals surface area (Å²) in [5.74, 6) is -10.5. The van der Waals surface area contributed by atoms with Crippen LogP contribution >= 0.6 is 94.1 Å². The Hall–Kier alpha value is -3.48. The molecule has 40 heteroatoms. The molecule has 4 fully saturated rings. The molecular formula is C34H32N14Na2O16S8. The van der Waals surface area contributed by atoms with Gasteiger partial charge in [0.25, 0.3) is 35.1 Å². The van der Waals surface area contributed by atoms with Crippen molar-refractivity contribution in [2.45, 2.75) is 41.7 Å². The van der Waals surface area contributed by atoms with Gasteiger partial charge >= 0.3 is 71.1 Å². The summed E-state index contributed by atoms with van der Waals surface area (Å²) in [6.07, 6.45) is 0. The van der Waals surface area contributed by atoms with Crippen molar-refractivity contribution in [3.8, 4) is 0 Å². The van der Waals surface area contributed by atoms with E-state index in [1.807, 2.05) is 0 Å². The quantitative estimate of drug-likeness (QED) is 0.0153. The third-order valence-electron chi connectivity index (χ3n) is 10.4. The van der Waals surface area contributed by atoms with Crippen LogP contribution < -0.4 is 91.4 Å². The van der Waals surface area contributed by atoms with Crippen LogP contribution in [0.3, 0.4) is 0 Å². The number of fused-ring (bicyclic) bond motifs is 2. The first-order chi connectivity index (χ1) is 34.0. The fourth-order valence-corrected chi connectivity index (χ4v) is 16.3. The number of aromatic nitrogens is 8. The van der Waals surface area contributed by atoms with Gasteiger partial charge in [0.15, 0.2) is 0 Å². The molecule has 0 aromatic carbocycles. The Labute approximate surface area is 492 Å². The van der Waals surface area contributed by atoms with Gasteiger partial charge in [-0.2, -0.15) is 0 Å². The number of aliphatic carboxylic acids is 4. The summed E-state index contributed by atoms with van der Waals surface area (Å²) in [7, 11) is 5.68. The molecule has 0 saturated carbocycles. The van der Waals surface area contributed by atoms with E-state index in [4.69, 9.17) is 26.0 Å². The number of carboxylic acid groups (broad SMARTS) is 4. The molecule has 6 aliphatic heterocycles. The fraction of sp³-hybridized carbons (Fsp3) is 0.412. The predicted octanol–water partition coefficient (Wildman–Crippen LogP) is -11.5. The summed E-state index contributed by atoms with van der Waals surface area (Å²) in [4.78, 5) is 123. The Morgan fingerprint density at radius 2 is 1.09 bits per heavy atom. The number of rotatable bonds is 18. The van der Waals surface area contributed by atoms with E-state index in [1.54, 1.807) is 14.1 Å². The number of β-lactam (4-membered cyclic amide) rings is 2. The van der Waals surface area contributed by atoms with Gasteiger partial charge in [-0.15, -0.1) is 33.7 Å². The molecule has 6 amide bonds. The number of carboxylic acids is 4. The minimum atomic E-state index is -1.85. The molecule has 2 aromatic rings. The van der Waals surface area contributed by atoms with Gasteiger partial charge in [0.05, 0.1) is 31.7 Å². The third kappa shape index (κ3) is 11.5. The summed E-state index contributed by atoms with van der Waals surface area (Å²) in [6, 6.07) is 0. The van der Waals surface area contributed by atoms with Crippen LogP contribution in [0.25, 0.3) is 0 Å². The minimum absolute atomic E-state index is 0. The Bertz CT molecular complexity index is 2650. The minimum Gasteiger partial charge on any atom is -0.545 e. The van der Waals surface area contributed by atoms with Crippen molar-refractivity contribution in [3.63, 3.8) is 0 Å². The van der Waals surface area contributed by atoms with Gasteiger partial charge in [0.2, 0.25) is 22.1 Å². The number of aryl methyl sites for hydroxylation is 2. The second kappa shape index (κ2) is 24.9. The van der Waals surface area contributed by atoms with E-state index in [-0.39, 0.29) is 102 Å². The number of methoxy groups -OCH3 is 2. The number of carbonyl (C=O) groups is 10. The molecule has 4 saturated heterocycles. The monoisotopic (exact) mass is 1190 g/mol. The van der Waals surface area contributed by atoms with Crippen LogP contribution in [0.2, 0.25) is 0 Å². The average Bonchev–Trinajstić information content (AvgIpc) is 3.91. The van der Waals surface area contributed by atoms with Gasteiger partial charge in [0, 0.05) is 51.3 Å². The molecule has 384 valence electrons. The molecule has 0 spiro atoms. The number of nitrogens with two attached hydrogens (primary N) is 2. The number of nitrogens with one attached hydrogen (secondary N) is 2. The number of primary amides is 2. The van der Waals surface area contributed by atoms with Crippen molar-refractivity contribution in [2.75, 3.05) is 37.2 Å². The van der Waals surface area contributed by atoms with Gasteiger partial charge in [-0.1, -0.05) is 70.6 Å². The molecule has 0 unspecified atom stereocenters. The van der Waals surface area contributed by atoms with Crippen molar-refractivity contribution >= 4 is 153 Å². The van der Waals surface area contributed by atoms with E-state index in [0.717, 1.165) is 56.8 Å². The summed E-state index contributed by atoms with van der Waals surface area (Å²) in [5, 5.41) is 68.3. The zero-order valence-electron chi connectivity index (χ0n) is 38.6. The van der Waals surface area contributed by atoms with Crippen LogP contribution in [0.4, 0.5) is 0 Å². The van der Waals surface area contributed by atoms with Gasteiger partial charge in [-0.3, -0.25) is 38.6 Å². The Balaban J connectivity index is 0.000000267. The molecule has 8 N–H and O–H groups in total. The van der Waals surface area contributed by atoms with Gasteiger partial charge < -0.3 is 61.6 Å². The number of carbonyl (C=O) groups excluding carboxylic acids is 8. The zero-order valence-corrected chi connectivity index (χ0v) is 49.2. The topological polar surface area (TPSA) is 446 Å².